The highest BCUT2D eigenvalue weighted by Crippen LogP contribution is 2.07. The summed E-state index contributed by atoms with van der Waals surface area (Å²) in [6, 6.07) is 0. The van der Waals surface area contributed by atoms with Crippen LogP contribution in [0.25, 0.3) is 0 Å². The van der Waals surface area contributed by atoms with Crippen molar-refractivity contribution in [2.24, 2.45) is 0 Å². The molecule has 0 spiro atoms. The van der Waals surface area contributed by atoms with Crippen LogP contribution in [-0.4, -0.2) is 83.0 Å². The van der Waals surface area contributed by atoms with Gasteiger partial charge < -0.3 is 35.0 Å². The zero-order valence-electron chi connectivity index (χ0n) is 10.6. The van der Waals surface area contributed by atoms with Gasteiger partial charge in [-0.3, -0.25) is 0 Å². The molecule has 0 aliphatic carbocycles. The molecule has 5 N–H and O–H groups in total. The van der Waals surface area contributed by atoms with Crippen LogP contribution in [0.15, 0.2) is 0 Å². The fourth-order valence-electron chi connectivity index (χ4n) is 1.26. The van der Waals surface area contributed by atoms with Crippen molar-refractivity contribution in [1.29, 1.82) is 0 Å². The molecule has 0 fully saturated rings. The maximum absolute atomic E-state index is 9.10. The zero-order chi connectivity index (χ0) is 14.0. The van der Waals surface area contributed by atoms with E-state index in [2.05, 4.69) is 0 Å². The van der Waals surface area contributed by atoms with E-state index in [0.717, 1.165) is 0 Å². The molecule has 7 heteroatoms. The molecule has 0 saturated carbocycles. The molecule has 0 rings (SSSR count). The molecule has 0 bridgehead atoms. The van der Waals surface area contributed by atoms with E-state index in [9.17, 15) is 0 Å². The van der Waals surface area contributed by atoms with Crippen LogP contribution in [0.3, 0.4) is 0 Å². The highest BCUT2D eigenvalue weighted by molar-refractivity contribution is 4.67. The quantitative estimate of drug-likeness (QED) is 0.290. The topological polar surface area (TPSA) is 120 Å². The number of hydrogen-bond acceptors (Lipinski definition) is 7. The maximum atomic E-state index is 9.10. The average molecular weight is 268 g/mol. The number of aliphatic hydroxyl groups is 5. The van der Waals surface area contributed by atoms with Crippen LogP contribution in [0, 0.1) is 0 Å². The van der Waals surface area contributed by atoms with Crippen LogP contribution in [-0.2, 0) is 9.47 Å². The summed E-state index contributed by atoms with van der Waals surface area (Å²) >= 11 is 0. The van der Waals surface area contributed by atoms with E-state index in [4.69, 9.17) is 35.0 Å². The van der Waals surface area contributed by atoms with Crippen LogP contribution in [0.1, 0.15) is 13.3 Å². The molecular weight excluding hydrogens is 244 g/mol. The minimum absolute atomic E-state index is 0.0860. The predicted molar refractivity (Wildman–Crippen MR) is 63.0 cm³/mol. The van der Waals surface area contributed by atoms with E-state index >= 15 is 0 Å². The minimum atomic E-state index is -0.995. The molecule has 0 aliphatic heterocycles. The van der Waals surface area contributed by atoms with Gasteiger partial charge in [-0.15, -0.1) is 0 Å². The van der Waals surface area contributed by atoms with Gasteiger partial charge in [-0.25, -0.2) is 0 Å². The molecule has 7 nitrogen and oxygen atoms in total. The summed E-state index contributed by atoms with van der Waals surface area (Å²) in [7, 11) is 0. The van der Waals surface area contributed by atoms with Gasteiger partial charge in [0.05, 0.1) is 51.3 Å². The van der Waals surface area contributed by atoms with Crippen molar-refractivity contribution < 1.29 is 35.0 Å². The lowest BCUT2D eigenvalue weighted by Gasteiger charge is -2.23. The van der Waals surface area contributed by atoms with Crippen LogP contribution in [0.4, 0.5) is 0 Å². The Morgan fingerprint density at radius 1 is 0.833 bits per heavy atom. The summed E-state index contributed by atoms with van der Waals surface area (Å²) in [4.78, 5) is 0. The van der Waals surface area contributed by atoms with Crippen molar-refractivity contribution in [2.45, 2.75) is 37.8 Å². The molecule has 0 saturated heterocycles. The SMILES string of the molecule is CC(O)COC(CO)CC(CO)OCC(O)CO. The molecule has 18 heavy (non-hydrogen) atoms. The van der Waals surface area contributed by atoms with Crippen LogP contribution in [0.2, 0.25) is 0 Å². The van der Waals surface area contributed by atoms with Crippen molar-refractivity contribution in [1.82, 2.24) is 0 Å². The van der Waals surface area contributed by atoms with Crippen LogP contribution >= 0.6 is 0 Å². The van der Waals surface area contributed by atoms with Gasteiger partial charge in [-0.1, -0.05) is 0 Å². The number of rotatable bonds is 11. The molecule has 0 aromatic rings. The lowest BCUT2D eigenvalue weighted by Crippen LogP contribution is -2.32. The largest absolute Gasteiger partial charge is 0.394 e. The van der Waals surface area contributed by atoms with Crippen molar-refractivity contribution in [3.05, 3.63) is 0 Å². The van der Waals surface area contributed by atoms with Crippen molar-refractivity contribution in [3.8, 4) is 0 Å². The Kier molecular flexibility index (Phi) is 10.5. The smallest absolute Gasteiger partial charge is 0.100 e. The van der Waals surface area contributed by atoms with E-state index in [-0.39, 0.29) is 32.8 Å². The van der Waals surface area contributed by atoms with Crippen LogP contribution < -0.4 is 0 Å². The van der Waals surface area contributed by atoms with Crippen molar-refractivity contribution >= 4 is 0 Å². The van der Waals surface area contributed by atoms with Crippen LogP contribution in [0.5, 0.6) is 0 Å². The molecular formula is C11H24O7. The zero-order valence-corrected chi connectivity index (χ0v) is 10.6. The van der Waals surface area contributed by atoms with Crippen molar-refractivity contribution in [2.75, 3.05) is 33.0 Å². The Bertz CT molecular complexity index is 188. The third-order valence-electron chi connectivity index (χ3n) is 2.24. The molecule has 0 amide bonds. The molecule has 0 aliphatic rings. The molecule has 0 radical (unpaired) electrons. The van der Waals surface area contributed by atoms with Gasteiger partial charge in [-0.05, 0) is 6.92 Å². The van der Waals surface area contributed by atoms with Gasteiger partial charge >= 0.3 is 0 Å². The first-order valence-corrected chi connectivity index (χ1v) is 5.95. The highest BCUT2D eigenvalue weighted by atomic mass is 16.5. The molecule has 110 valence electrons. The lowest BCUT2D eigenvalue weighted by atomic mass is 10.1. The summed E-state index contributed by atoms with van der Waals surface area (Å²) in [6.45, 7) is 0.590. The standard InChI is InChI=1S/C11H24O7/c1-8(15)6-17-10(4-13)2-11(5-14)18-7-9(16)3-12/h8-16H,2-7H2,1H3. The Labute approximate surface area is 107 Å². The monoisotopic (exact) mass is 268 g/mol. The van der Waals surface area contributed by atoms with E-state index in [1.807, 2.05) is 0 Å². The molecule has 4 atom stereocenters. The third-order valence-corrected chi connectivity index (χ3v) is 2.24. The fraction of sp³-hybridized carbons (Fsp3) is 1.00. The fourth-order valence-corrected chi connectivity index (χ4v) is 1.26. The van der Waals surface area contributed by atoms with E-state index < -0.39 is 31.0 Å². The second kappa shape index (κ2) is 10.6. The molecule has 0 aromatic heterocycles. The first kappa shape index (κ1) is 17.7. The Morgan fingerprint density at radius 2 is 1.33 bits per heavy atom. The maximum Gasteiger partial charge on any atom is 0.100 e. The Balaban J connectivity index is 3.98. The summed E-state index contributed by atoms with van der Waals surface area (Å²) in [5.41, 5.74) is 0. The van der Waals surface area contributed by atoms with E-state index in [1.54, 1.807) is 6.92 Å². The Hall–Kier alpha value is -0.280. The predicted octanol–water partition coefficient (Wildman–Crippen LogP) is -2.13. The number of ether oxygens (including phenoxy) is 2. The second-order valence-corrected chi connectivity index (χ2v) is 4.20. The Morgan fingerprint density at radius 3 is 1.72 bits per heavy atom. The highest BCUT2D eigenvalue weighted by Gasteiger charge is 2.18. The van der Waals surface area contributed by atoms with E-state index in [0.29, 0.717) is 0 Å². The third kappa shape index (κ3) is 8.76. The summed E-state index contributed by atoms with van der Waals surface area (Å²) < 4.78 is 10.4. The van der Waals surface area contributed by atoms with Crippen molar-refractivity contribution in [3.63, 3.8) is 0 Å². The number of aliphatic hydroxyl groups excluding tert-OH is 5. The van der Waals surface area contributed by atoms with Gasteiger partial charge in [0.15, 0.2) is 0 Å². The van der Waals surface area contributed by atoms with E-state index in [1.165, 1.54) is 0 Å². The molecule has 4 unspecified atom stereocenters. The van der Waals surface area contributed by atoms with Gasteiger partial charge in [0.2, 0.25) is 0 Å². The number of hydrogen-bond donors (Lipinski definition) is 5. The second-order valence-electron chi connectivity index (χ2n) is 4.20. The summed E-state index contributed by atoms with van der Waals surface area (Å²) in [6.07, 6.45) is -2.55. The summed E-state index contributed by atoms with van der Waals surface area (Å²) in [5, 5.41) is 44.9. The summed E-state index contributed by atoms with van der Waals surface area (Å²) in [5.74, 6) is 0. The average Bonchev–Trinajstić information content (AvgIpc) is 2.37. The molecule has 0 heterocycles. The van der Waals surface area contributed by atoms with Gasteiger partial charge in [0.25, 0.3) is 0 Å². The molecule has 0 aromatic carbocycles. The van der Waals surface area contributed by atoms with Gasteiger partial charge in [0.1, 0.15) is 6.10 Å². The normalized spacial score (nSPS) is 18.3. The van der Waals surface area contributed by atoms with Gasteiger partial charge in [-0.2, -0.15) is 0 Å². The van der Waals surface area contributed by atoms with Gasteiger partial charge in [0, 0.05) is 6.42 Å². The first-order valence-electron chi connectivity index (χ1n) is 5.95. The minimum Gasteiger partial charge on any atom is -0.394 e. The lowest BCUT2D eigenvalue weighted by molar-refractivity contribution is -0.0868. The first-order chi connectivity index (χ1) is 8.53.